The summed E-state index contributed by atoms with van der Waals surface area (Å²) in [7, 11) is 0. The van der Waals surface area contributed by atoms with Crippen molar-refractivity contribution in [1.82, 2.24) is 5.32 Å². The van der Waals surface area contributed by atoms with E-state index in [1.165, 1.54) is 0 Å². The van der Waals surface area contributed by atoms with Crippen LogP contribution in [0.25, 0.3) is 0 Å². The summed E-state index contributed by atoms with van der Waals surface area (Å²) < 4.78 is 5.67. The van der Waals surface area contributed by atoms with E-state index >= 15 is 0 Å². The largest absolute Gasteiger partial charge is 0.382 e. The Balaban J connectivity index is 1.97. The van der Waals surface area contributed by atoms with Gasteiger partial charge in [-0.1, -0.05) is 19.1 Å². The van der Waals surface area contributed by atoms with Crippen LogP contribution < -0.4 is 10.6 Å². The van der Waals surface area contributed by atoms with E-state index in [9.17, 15) is 4.79 Å². The number of hydrogen-bond donors (Lipinski definition) is 2. The zero-order valence-electron chi connectivity index (χ0n) is 13.2. The summed E-state index contributed by atoms with van der Waals surface area (Å²) in [5.41, 5.74) is 1.60. The number of nitrogens with one attached hydrogen (secondary N) is 2. The van der Waals surface area contributed by atoms with Crippen LogP contribution in [0.1, 0.15) is 44.0 Å². The number of anilines is 1. The van der Waals surface area contributed by atoms with Crippen LogP contribution in [-0.2, 0) is 4.74 Å². The molecule has 1 aliphatic heterocycles. The van der Waals surface area contributed by atoms with Crippen molar-refractivity contribution in [3.63, 3.8) is 0 Å². The molecule has 1 aromatic carbocycles. The van der Waals surface area contributed by atoms with Crippen molar-refractivity contribution in [2.75, 3.05) is 18.5 Å². The Kier molecular flexibility index (Phi) is 5.62. The van der Waals surface area contributed by atoms with Gasteiger partial charge in [-0.25, -0.2) is 0 Å². The Hall–Kier alpha value is -1.55. The highest BCUT2D eigenvalue weighted by molar-refractivity contribution is 5.99. The highest BCUT2D eigenvalue weighted by atomic mass is 16.5. The minimum atomic E-state index is -0.0134. The molecule has 0 aromatic heterocycles. The average molecular weight is 290 g/mol. The number of para-hydroxylation sites is 1. The maximum Gasteiger partial charge on any atom is 0.253 e. The van der Waals surface area contributed by atoms with Crippen molar-refractivity contribution in [2.24, 2.45) is 5.92 Å². The molecule has 1 saturated heterocycles. The van der Waals surface area contributed by atoms with Crippen molar-refractivity contribution in [2.45, 2.75) is 45.8 Å². The monoisotopic (exact) mass is 290 g/mol. The molecule has 21 heavy (non-hydrogen) atoms. The van der Waals surface area contributed by atoms with Gasteiger partial charge in [0, 0.05) is 30.8 Å². The maximum absolute atomic E-state index is 12.4. The molecular formula is C17H26N2O2. The zero-order valence-corrected chi connectivity index (χ0v) is 13.2. The fraction of sp³-hybridized carbons (Fsp3) is 0.588. The number of rotatable bonds is 6. The lowest BCUT2D eigenvalue weighted by molar-refractivity contribution is 0.0827. The molecule has 0 radical (unpaired) electrons. The summed E-state index contributed by atoms with van der Waals surface area (Å²) in [6.07, 6.45) is 2.32. The number of hydrogen-bond acceptors (Lipinski definition) is 3. The van der Waals surface area contributed by atoms with Crippen LogP contribution >= 0.6 is 0 Å². The predicted octanol–water partition coefficient (Wildman–Crippen LogP) is 3.05. The molecule has 1 aromatic rings. The van der Waals surface area contributed by atoms with Crippen LogP contribution in [0, 0.1) is 5.92 Å². The number of amides is 1. The lowest BCUT2D eigenvalue weighted by Crippen LogP contribution is -2.33. The van der Waals surface area contributed by atoms with Crippen LogP contribution in [0.2, 0.25) is 0 Å². The van der Waals surface area contributed by atoms with E-state index in [1.54, 1.807) is 0 Å². The first-order chi connectivity index (χ1) is 10.1. The van der Waals surface area contributed by atoms with Gasteiger partial charge >= 0.3 is 0 Å². The molecule has 1 fully saturated rings. The third-order valence-electron chi connectivity index (χ3n) is 3.89. The van der Waals surface area contributed by atoms with E-state index in [0.717, 1.165) is 25.1 Å². The average Bonchev–Trinajstić information content (AvgIpc) is 2.92. The smallest absolute Gasteiger partial charge is 0.253 e. The zero-order chi connectivity index (χ0) is 15.2. The standard InChI is InChI=1S/C17H26N2O2/c1-4-16-13(9-10-21-16)11-18-17(20)14-7-5-6-8-15(14)19-12(2)3/h5-8,12-13,16,19H,4,9-11H2,1-3H3,(H,18,20). The number of carbonyl (C=O) groups excluding carboxylic acids is 1. The quantitative estimate of drug-likeness (QED) is 0.846. The SMILES string of the molecule is CCC1OCCC1CNC(=O)c1ccccc1NC(C)C. The van der Waals surface area contributed by atoms with Crippen LogP contribution in [-0.4, -0.2) is 31.2 Å². The van der Waals surface area contributed by atoms with Crippen LogP contribution in [0.4, 0.5) is 5.69 Å². The van der Waals surface area contributed by atoms with Gasteiger partial charge in [0.05, 0.1) is 11.7 Å². The molecule has 2 N–H and O–H groups in total. The van der Waals surface area contributed by atoms with Gasteiger partial charge < -0.3 is 15.4 Å². The van der Waals surface area contributed by atoms with Crippen molar-refractivity contribution in [1.29, 1.82) is 0 Å². The molecule has 0 bridgehead atoms. The normalized spacial score (nSPS) is 21.5. The molecule has 1 amide bonds. The molecule has 4 heteroatoms. The van der Waals surface area contributed by atoms with Gasteiger partial charge in [-0.15, -0.1) is 0 Å². The Morgan fingerprint density at radius 2 is 2.14 bits per heavy atom. The molecule has 0 saturated carbocycles. The third kappa shape index (κ3) is 4.21. The van der Waals surface area contributed by atoms with Crippen LogP contribution in [0.15, 0.2) is 24.3 Å². The lowest BCUT2D eigenvalue weighted by Gasteiger charge is -2.18. The van der Waals surface area contributed by atoms with E-state index < -0.39 is 0 Å². The van der Waals surface area contributed by atoms with Gasteiger partial charge in [-0.05, 0) is 38.8 Å². The van der Waals surface area contributed by atoms with E-state index in [4.69, 9.17) is 4.74 Å². The number of benzene rings is 1. The summed E-state index contributed by atoms with van der Waals surface area (Å²) in [6.45, 7) is 7.76. The molecule has 2 atom stereocenters. The molecule has 1 heterocycles. The molecule has 116 valence electrons. The van der Waals surface area contributed by atoms with Gasteiger partial charge in [-0.3, -0.25) is 4.79 Å². The molecule has 2 unspecified atom stereocenters. The highest BCUT2D eigenvalue weighted by Gasteiger charge is 2.27. The third-order valence-corrected chi connectivity index (χ3v) is 3.89. The second kappa shape index (κ2) is 7.46. The Morgan fingerprint density at radius 1 is 1.38 bits per heavy atom. The minimum absolute atomic E-state index is 0.0134. The summed E-state index contributed by atoms with van der Waals surface area (Å²) >= 11 is 0. The first-order valence-corrected chi connectivity index (χ1v) is 7.87. The molecule has 0 spiro atoms. The van der Waals surface area contributed by atoms with Gasteiger partial charge in [-0.2, -0.15) is 0 Å². The molecular weight excluding hydrogens is 264 g/mol. The maximum atomic E-state index is 12.4. The fourth-order valence-electron chi connectivity index (χ4n) is 2.81. The Bertz CT molecular complexity index is 474. The van der Waals surface area contributed by atoms with Crippen LogP contribution in [0.5, 0.6) is 0 Å². The molecule has 4 nitrogen and oxygen atoms in total. The van der Waals surface area contributed by atoms with Gasteiger partial charge in [0.2, 0.25) is 0 Å². The minimum Gasteiger partial charge on any atom is -0.382 e. The van der Waals surface area contributed by atoms with E-state index in [1.807, 2.05) is 24.3 Å². The summed E-state index contributed by atoms with van der Waals surface area (Å²) in [4.78, 5) is 12.4. The van der Waals surface area contributed by atoms with Crippen molar-refractivity contribution in [3.05, 3.63) is 29.8 Å². The predicted molar refractivity (Wildman–Crippen MR) is 85.7 cm³/mol. The number of ether oxygens (including phenoxy) is 1. The van der Waals surface area contributed by atoms with Gasteiger partial charge in [0.1, 0.15) is 0 Å². The molecule has 1 aliphatic rings. The summed E-state index contributed by atoms with van der Waals surface area (Å²) in [6, 6.07) is 7.95. The second-order valence-electron chi connectivity index (χ2n) is 5.92. The highest BCUT2D eigenvalue weighted by Crippen LogP contribution is 2.23. The first-order valence-electron chi connectivity index (χ1n) is 7.87. The second-order valence-corrected chi connectivity index (χ2v) is 5.92. The first kappa shape index (κ1) is 15.8. The fourth-order valence-corrected chi connectivity index (χ4v) is 2.81. The summed E-state index contributed by atoms with van der Waals surface area (Å²) in [5.74, 6) is 0.421. The van der Waals surface area contributed by atoms with E-state index in [0.29, 0.717) is 24.1 Å². The van der Waals surface area contributed by atoms with Crippen LogP contribution in [0.3, 0.4) is 0 Å². The molecule has 2 rings (SSSR count). The van der Waals surface area contributed by atoms with E-state index in [2.05, 4.69) is 31.4 Å². The topological polar surface area (TPSA) is 50.4 Å². The summed E-state index contributed by atoms with van der Waals surface area (Å²) in [5, 5.41) is 6.38. The van der Waals surface area contributed by atoms with Gasteiger partial charge in [0.15, 0.2) is 0 Å². The van der Waals surface area contributed by atoms with Crippen molar-refractivity contribution < 1.29 is 9.53 Å². The van der Waals surface area contributed by atoms with Gasteiger partial charge in [0.25, 0.3) is 5.91 Å². The molecule has 0 aliphatic carbocycles. The van der Waals surface area contributed by atoms with Crippen molar-refractivity contribution in [3.8, 4) is 0 Å². The van der Waals surface area contributed by atoms with E-state index in [-0.39, 0.29) is 12.0 Å². The Labute approximate surface area is 127 Å². The Morgan fingerprint density at radius 3 is 2.86 bits per heavy atom. The van der Waals surface area contributed by atoms with Crippen molar-refractivity contribution >= 4 is 11.6 Å². The number of carbonyl (C=O) groups is 1. The lowest BCUT2D eigenvalue weighted by atomic mass is 9.99.